The summed E-state index contributed by atoms with van der Waals surface area (Å²) in [6.45, 7) is 2.56. The van der Waals surface area contributed by atoms with E-state index in [9.17, 15) is 4.79 Å². The molecule has 0 aliphatic heterocycles. The second-order valence-electron chi connectivity index (χ2n) is 5.34. The Morgan fingerprint density at radius 3 is 2.12 bits per heavy atom. The van der Waals surface area contributed by atoms with Crippen LogP contribution in [0.4, 0.5) is 0 Å². The van der Waals surface area contributed by atoms with Crippen LogP contribution < -0.4 is 0 Å². The van der Waals surface area contributed by atoms with Gasteiger partial charge in [0.2, 0.25) is 0 Å². The highest BCUT2D eigenvalue weighted by atomic mass is 16.4. The minimum Gasteiger partial charge on any atom is -0.481 e. The predicted molar refractivity (Wildman–Crippen MR) is 59.8 cm³/mol. The lowest BCUT2D eigenvalue weighted by molar-refractivity contribution is -0.147. The van der Waals surface area contributed by atoms with Gasteiger partial charge in [0.15, 0.2) is 0 Å². The molecule has 3 atom stereocenters. The summed E-state index contributed by atoms with van der Waals surface area (Å²) in [6.07, 6.45) is 6.02. The summed E-state index contributed by atoms with van der Waals surface area (Å²) >= 11 is 0. The molecule has 0 amide bonds. The van der Waals surface area contributed by atoms with Crippen molar-refractivity contribution in [2.24, 2.45) is 23.7 Å². The first kappa shape index (κ1) is 11.9. The first-order chi connectivity index (χ1) is 7.65. The fourth-order valence-corrected chi connectivity index (χ4v) is 4.01. The number of rotatable bonds is 1. The number of hydrogen-bond donors (Lipinski definition) is 2. The minimum absolute atomic E-state index is 0.0622. The molecule has 4 fully saturated rings. The number of carboxylic acid groups (broad SMARTS) is 1. The Balaban J connectivity index is 0.000000292. The van der Waals surface area contributed by atoms with Gasteiger partial charge in [-0.3, -0.25) is 4.79 Å². The van der Waals surface area contributed by atoms with Crippen LogP contribution in [-0.4, -0.2) is 16.2 Å². The summed E-state index contributed by atoms with van der Waals surface area (Å²) in [5.74, 6) is 2.95. The third-order valence-corrected chi connectivity index (χ3v) is 4.22. The van der Waals surface area contributed by atoms with Crippen molar-refractivity contribution >= 4 is 5.97 Å². The number of aliphatic carboxylic acids is 1. The summed E-state index contributed by atoms with van der Waals surface area (Å²) in [6, 6.07) is 0. The van der Waals surface area contributed by atoms with Crippen molar-refractivity contribution in [3.05, 3.63) is 12.5 Å². The van der Waals surface area contributed by atoms with Gasteiger partial charge < -0.3 is 10.2 Å². The molecule has 4 rings (SSSR count). The average Bonchev–Trinajstić information content (AvgIpc) is 2.15. The lowest BCUT2D eigenvalue weighted by Gasteiger charge is -2.52. The van der Waals surface area contributed by atoms with Crippen LogP contribution in [0.25, 0.3) is 0 Å². The summed E-state index contributed by atoms with van der Waals surface area (Å²) in [5, 5.41) is 16.6. The Bertz CT molecular complexity index is 234. The Morgan fingerprint density at radius 2 is 1.75 bits per heavy atom. The molecule has 0 aromatic carbocycles. The van der Waals surface area contributed by atoms with Crippen molar-refractivity contribution in [1.29, 1.82) is 0 Å². The van der Waals surface area contributed by atoms with E-state index in [0.29, 0.717) is 5.92 Å². The molecule has 4 aliphatic rings. The van der Waals surface area contributed by atoms with Gasteiger partial charge in [0.1, 0.15) is 0 Å². The molecule has 3 nitrogen and oxygen atoms in total. The van der Waals surface area contributed by atoms with Gasteiger partial charge in [-0.1, -0.05) is 0 Å². The van der Waals surface area contributed by atoms with E-state index in [4.69, 9.17) is 10.2 Å². The molecule has 4 aliphatic carbocycles. The molecule has 0 aromatic heterocycles. The van der Waals surface area contributed by atoms with Crippen LogP contribution in [0.2, 0.25) is 0 Å². The fraction of sp³-hybridized carbons (Fsp3) is 0.769. The number of carbonyl (C=O) groups is 1. The smallest absolute Gasteiger partial charge is 0.307 e. The second kappa shape index (κ2) is 4.74. The molecule has 3 heteroatoms. The molecule has 2 radical (unpaired) electrons. The fourth-order valence-electron chi connectivity index (χ4n) is 4.01. The Kier molecular flexibility index (Phi) is 3.53. The highest BCUT2D eigenvalue weighted by Crippen LogP contribution is 2.57. The maximum absolute atomic E-state index is 11.1. The number of aliphatic hydroxyl groups is 1. The zero-order valence-corrected chi connectivity index (χ0v) is 9.72. The lowest BCUT2D eigenvalue weighted by atomic mass is 9.52. The van der Waals surface area contributed by atoms with Crippen LogP contribution in [0.5, 0.6) is 0 Å². The van der Waals surface area contributed by atoms with E-state index >= 15 is 0 Å². The number of aliphatic hydroxyl groups excluding tert-OH is 1. The molecule has 3 unspecified atom stereocenters. The van der Waals surface area contributed by atoms with Gasteiger partial charge in [-0.15, -0.1) is 0 Å². The molecular formula is C13H20O3. The van der Waals surface area contributed by atoms with Crippen LogP contribution >= 0.6 is 0 Å². The van der Waals surface area contributed by atoms with E-state index in [2.05, 4.69) is 0 Å². The standard InChI is InChI=1S/C11H15O2.C2H5O/c12-11(13)10-8-2-6-1-7(4-8)5-9(10)3-6;1-2-3/h6-8,10H,1-5H2,(H,12,13);2-3H,1H3. The zero-order chi connectivity index (χ0) is 11.7. The van der Waals surface area contributed by atoms with Crippen molar-refractivity contribution in [2.75, 3.05) is 0 Å². The predicted octanol–water partition coefficient (Wildman–Crippen LogP) is 2.64. The quantitative estimate of drug-likeness (QED) is 0.720. The van der Waals surface area contributed by atoms with E-state index in [-0.39, 0.29) is 5.92 Å². The molecule has 0 aromatic rings. The highest BCUT2D eigenvalue weighted by Gasteiger charge is 2.51. The first-order valence-corrected chi connectivity index (χ1v) is 6.15. The van der Waals surface area contributed by atoms with E-state index < -0.39 is 5.97 Å². The highest BCUT2D eigenvalue weighted by molar-refractivity contribution is 5.73. The van der Waals surface area contributed by atoms with Gasteiger partial charge in [-0.2, -0.15) is 0 Å². The van der Waals surface area contributed by atoms with Gasteiger partial charge in [0.25, 0.3) is 0 Å². The maximum Gasteiger partial charge on any atom is 0.307 e. The van der Waals surface area contributed by atoms with Crippen molar-refractivity contribution in [3.63, 3.8) is 0 Å². The van der Waals surface area contributed by atoms with Crippen molar-refractivity contribution < 1.29 is 15.0 Å². The molecule has 4 bridgehead atoms. The van der Waals surface area contributed by atoms with Crippen molar-refractivity contribution in [3.8, 4) is 0 Å². The van der Waals surface area contributed by atoms with Gasteiger partial charge in [-0.25, -0.2) is 0 Å². The van der Waals surface area contributed by atoms with Crippen molar-refractivity contribution in [2.45, 2.75) is 39.0 Å². The van der Waals surface area contributed by atoms with E-state index in [1.807, 2.05) is 0 Å². The van der Waals surface area contributed by atoms with E-state index in [1.165, 1.54) is 25.2 Å². The van der Waals surface area contributed by atoms with Gasteiger partial charge in [0.05, 0.1) is 12.5 Å². The van der Waals surface area contributed by atoms with Crippen LogP contribution in [0.3, 0.4) is 0 Å². The van der Waals surface area contributed by atoms with E-state index in [1.54, 1.807) is 6.92 Å². The van der Waals surface area contributed by atoms with Gasteiger partial charge >= 0.3 is 5.97 Å². The normalized spacial score (nSPS) is 40.4. The maximum atomic E-state index is 11.1. The average molecular weight is 224 g/mol. The van der Waals surface area contributed by atoms with Crippen LogP contribution in [0.1, 0.15) is 39.0 Å². The number of hydrogen-bond acceptors (Lipinski definition) is 2. The molecule has 0 saturated heterocycles. The largest absolute Gasteiger partial charge is 0.481 e. The van der Waals surface area contributed by atoms with Gasteiger partial charge in [-0.05, 0) is 62.7 Å². The topological polar surface area (TPSA) is 57.5 Å². The van der Waals surface area contributed by atoms with Gasteiger partial charge in [0, 0.05) is 0 Å². The van der Waals surface area contributed by atoms with E-state index in [0.717, 1.165) is 31.3 Å². The SMILES string of the molecule is C[CH]O.O=C(O)C1[C]2CC3CC(C2)CC1C3. The summed E-state index contributed by atoms with van der Waals surface area (Å²) < 4.78 is 0. The summed E-state index contributed by atoms with van der Waals surface area (Å²) in [7, 11) is 0. The van der Waals surface area contributed by atoms with Crippen LogP contribution in [0.15, 0.2) is 0 Å². The molecule has 0 spiro atoms. The van der Waals surface area contributed by atoms with Crippen LogP contribution in [-0.2, 0) is 4.79 Å². The summed E-state index contributed by atoms with van der Waals surface area (Å²) in [5.41, 5.74) is 0. The van der Waals surface area contributed by atoms with Crippen molar-refractivity contribution in [1.82, 2.24) is 0 Å². The Labute approximate surface area is 96.9 Å². The zero-order valence-electron chi connectivity index (χ0n) is 9.72. The summed E-state index contributed by atoms with van der Waals surface area (Å²) in [4.78, 5) is 11.1. The molecule has 90 valence electrons. The first-order valence-electron chi connectivity index (χ1n) is 6.15. The molecule has 2 N–H and O–H groups in total. The molecule has 16 heavy (non-hydrogen) atoms. The lowest BCUT2D eigenvalue weighted by Crippen LogP contribution is -2.46. The Hall–Kier alpha value is -0.570. The second-order valence-corrected chi connectivity index (χ2v) is 5.34. The van der Waals surface area contributed by atoms with Crippen LogP contribution in [0, 0.1) is 36.2 Å². The molecular weight excluding hydrogens is 204 g/mol. The Morgan fingerprint density at radius 1 is 1.25 bits per heavy atom. The third kappa shape index (κ3) is 2.10. The molecule has 4 saturated carbocycles. The number of carboxylic acids is 1. The minimum atomic E-state index is -0.557. The third-order valence-electron chi connectivity index (χ3n) is 4.22. The molecule has 0 heterocycles. The monoisotopic (exact) mass is 224 g/mol.